The second-order valence-corrected chi connectivity index (χ2v) is 14.3. The van der Waals surface area contributed by atoms with Crippen LogP contribution in [0.25, 0.3) is 0 Å². The van der Waals surface area contributed by atoms with Crippen LogP contribution in [0, 0.1) is 6.92 Å². The van der Waals surface area contributed by atoms with Gasteiger partial charge in [-0.05, 0) is 78.7 Å². The van der Waals surface area contributed by atoms with Gasteiger partial charge in [-0.15, -0.1) is 0 Å². The number of aryl methyl sites for hydroxylation is 1. The lowest BCUT2D eigenvalue weighted by atomic mass is 10.1. The Hall–Kier alpha value is -3.90. The molecule has 1 N–H and O–H groups in total. The molecule has 0 aliphatic rings. The van der Waals surface area contributed by atoms with Gasteiger partial charge in [0, 0.05) is 24.7 Å². The third-order valence-corrected chi connectivity index (χ3v) is 10.4. The molecule has 0 aliphatic carbocycles. The van der Waals surface area contributed by atoms with Crippen LogP contribution >= 0.6 is 11.6 Å². The highest BCUT2D eigenvalue weighted by molar-refractivity contribution is 7.92. The minimum absolute atomic E-state index is 0.0305. The Morgan fingerprint density at radius 3 is 2.07 bits per heavy atom. The van der Waals surface area contributed by atoms with Gasteiger partial charge in [-0.3, -0.25) is 9.10 Å². The Labute approximate surface area is 257 Å². The van der Waals surface area contributed by atoms with Crippen molar-refractivity contribution in [3.8, 4) is 5.75 Å². The predicted molar refractivity (Wildman–Crippen MR) is 168 cm³/mol. The molecule has 4 aromatic rings. The van der Waals surface area contributed by atoms with Gasteiger partial charge in [-0.1, -0.05) is 48.0 Å². The molecule has 0 atom stereocenters. The van der Waals surface area contributed by atoms with Crippen LogP contribution in [0.2, 0.25) is 5.02 Å². The molecule has 0 unspecified atom stereocenters. The standard InChI is InChI=1S/C31H32ClN3O6S2/c1-23-9-14-26(32)21-30(23)35(43(39,40)28-7-5-4-6-8-28)22-24-10-12-25(13-11-24)31(36)33-19-20-41-27-15-17-29(18-16-27)42(37,38)34(2)3/h4-18,21H,19-20,22H2,1-3H3,(H,33,36). The normalized spacial score (nSPS) is 11.7. The first-order valence-electron chi connectivity index (χ1n) is 13.3. The zero-order chi connectivity index (χ0) is 31.2. The van der Waals surface area contributed by atoms with Gasteiger partial charge in [-0.2, -0.15) is 0 Å². The third kappa shape index (κ3) is 7.74. The van der Waals surface area contributed by atoms with Gasteiger partial charge in [0.1, 0.15) is 12.4 Å². The molecular formula is C31H32ClN3O6S2. The number of carbonyl (C=O) groups is 1. The molecular weight excluding hydrogens is 610 g/mol. The van der Waals surface area contributed by atoms with Crippen molar-refractivity contribution in [2.24, 2.45) is 0 Å². The molecule has 0 saturated carbocycles. The van der Waals surface area contributed by atoms with E-state index in [1.165, 1.54) is 30.5 Å². The van der Waals surface area contributed by atoms with Gasteiger partial charge in [0.05, 0.1) is 28.6 Å². The number of hydrogen-bond donors (Lipinski definition) is 1. The van der Waals surface area contributed by atoms with Crippen molar-refractivity contribution in [3.63, 3.8) is 0 Å². The number of nitrogens with one attached hydrogen (secondary N) is 1. The second kappa shape index (κ2) is 13.6. The van der Waals surface area contributed by atoms with Crippen molar-refractivity contribution in [3.05, 3.63) is 119 Å². The summed E-state index contributed by atoms with van der Waals surface area (Å²) in [5, 5.41) is 3.19. The fourth-order valence-electron chi connectivity index (χ4n) is 4.15. The van der Waals surface area contributed by atoms with Crippen LogP contribution in [0.15, 0.2) is 107 Å². The van der Waals surface area contributed by atoms with Crippen LogP contribution in [-0.4, -0.2) is 54.3 Å². The molecule has 0 fully saturated rings. The van der Waals surface area contributed by atoms with Gasteiger partial charge in [0.15, 0.2) is 0 Å². The first-order valence-corrected chi connectivity index (χ1v) is 16.5. The summed E-state index contributed by atoms with van der Waals surface area (Å²) in [6, 6.07) is 26.0. The van der Waals surface area contributed by atoms with Crippen LogP contribution in [0.3, 0.4) is 0 Å². The van der Waals surface area contributed by atoms with E-state index in [1.807, 2.05) is 6.92 Å². The average Bonchev–Trinajstić information content (AvgIpc) is 3.00. The van der Waals surface area contributed by atoms with E-state index < -0.39 is 20.0 Å². The number of anilines is 1. The average molecular weight is 642 g/mol. The van der Waals surface area contributed by atoms with Crippen LogP contribution < -0.4 is 14.4 Å². The van der Waals surface area contributed by atoms with Crippen molar-refractivity contribution in [2.45, 2.75) is 23.3 Å². The van der Waals surface area contributed by atoms with E-state index in [9.17, 15) is 21.6 Å². The zero-order valence-electron chi connectivity index (χ0n) is 23.9. The quantitative estimate of drug-likeness (QED) is 0.215. The summed E-state index contributed by atoms with van der Waals surface area (Å²) in [6.45, 7) is 2.24. The molecule has 4 aromatic carbocycles. The van der Waals surface area contributed by atoms with Crippen molar-refractivity contribution in [1.82, 2.24) is 9.62 Å². The van der Waals surface area contributed by atoms with E-state index in [0.717, 1.165) is 9.87 Å². The number of sulfonamides is 2. The van der Waals surface area contributed by atoms with E-state index in [1.54, 1.807) is 84.9 Å². The fraction of sp³-hybridized carbons (Fsp3) is 0.194. The minimum atomic E-state index is -3.92. The van der Waals surface area contributed by atoms with Crippen molar-refractivity contribution < 1.29 is 26.4 Å². The highest BCUT2D eigenvalue weighted by Crippen LogP contribution is 2.31. The van der Waals surface area contributed by atoms with E-state index in [-0.39, 0.29) is 35.4 Å². The van der Waals surface area contributed by atoms with Crippen LogP contribution in [0.5, 0.6) is 5.75 Å². The Bertz CT molecular complexity index is 1780. The maximum Gasteiger partial charge on any atom is 0.264 e. The third-order valence-electron chi connectivity index (χ3n) is 6.57. The van der Waals surface area contributed by atoms with Gasteiger partial charge in [-0.25, -0.2) is 21.1 Å². The number of carbonyl (C=O) groups excluding carboxylic acids is 1. The molecule has 0 aromatic heterocycles. The maximum atomic E-state index is 13.7. The number of amides is 1. The van der Waals surface area contributed by atoms with Crippen LogP contribution in [0.1, 0.15) is 21.5 Å². The molecule has 0 saturated heterocycles. The largest absolute Gasteiger partial charge is 0.492 e. The van der Waals surface area contributed by atoms with E-state index >= 15 is 0 Å². The molecule has 0 aliphatic heterocycles. The molecule has 4 rings (SSSR count). The Morgan fingerprint density at radius 1 is 0.814 bits per heavy atom. The summed E-state index contributed by atoms with van der Waals surface area (Å²) in [7, 11) is -4.52. The summed E-state index contributed by atoms with van der Waals surface area (Å²) < 4.78 is 59.8. The lowest BCUT2D eigenvalue weighted by Gasteiger charge is -2.26. The molecule has 43 heavy (non-hydrogen) atoms. The molecule has 0 radical (unpaired) electrons. The number of rotatable bonds is 12. The highest BCUT2D eigenvalue weighted by Gasteiger charge is 2.26. The number of halogens is 1. The topological polar surface area (TPSA) is 113 Å². The summed E-state index contributed by atoms with van der Waals surface area (Å²) in [6.07, 6.45) is 0. The smallest absolute Gasteiger partial charge is 0.264 e. The Kier molecular flexibility index (Phi) is 10.1. The number of hydrogen-bond acceptors (Lipinski definition) is 6. The van der Waals surface area contributed by atoms with Gasteiger partial charge in [0.2, 0.25) is 10.0 Å². The molecule has 9 nitrogen and oxygen atoms in total. The summed E-state index contributed by atoms with van der Waals surface area (Å²) in [4.78, 5) is 13.0. The van der Waals surface area contributed by atoms with Crippen molar-refractivity contribution in [1.29, 1.82) is 0 Å². The number of benzene rings is 4. The van der Waals surface area contributed by atoms with Gasteiger partial charge in [0.25, 0.3) is 15.9 Å². The fourth-order valence-corrected chi connectivity index (χ4v) is 6.75. The lowest BCUT2D eigenvalue weighted by Crippen LogP contribution is -2.31. The van der Waals surface area contributed by atoms with E-state index in [0.29, 0.717) is 27.6 Å². The molecule has 0 heterocycles. The van der Waals surface area contributed by atoms with E-state index in [2.05, 4.69) is 5.32 Å². The SMILES string of the molecule is Cc1ccc(Cl)cc1N(Cc1ccc(C(=O)NCCOc2ccc(S(=O)(=O)N(C)C)cc2)cc1)S(=O)(=O)c1ccccc1. The molecule has 226 valence electrons. The molecule has 12 heteroatoms. The van der Waals surface area contributed by atoms with Crippen molar-refractivity contribution >= 4 is 43.2 Å². The summed E-state index contributed by atoms with van der Waals surface area (Å²) >= 11 is 6.24. The van der Waals surface area contributed by atoms with Crippen molar-refractivity contribution in [2.75, 3.05) is 31.6 Å². The van der Waals surface area contributed by atoms with Gasteiger partial charge < -0.3 is 10.1 Å². The number of nitrogens with zero attached hydrogens (tertiary/aromatic N) is 2. The van der Waals surface area contributed by atoms with Crippen LogP contribution in [0.4, 0.5) is 5.69 Å². The zero-order valence-corrected chi connectivity index (χ0v) is 26.3. The Balaban J connectivity index is 1.40. The van der Waals surface area contributed by atoms with Crippen LogP contribution in [-0.2, 0) is 26.6 Å². The second-order valence-electron chi connectivity index (χ2n) is 9.82. The predicted octanol–water partition coefficient (Wildman–Crippen LogP) is 5.10. The summed E-state index contributed by atoms with van der Waals surface area (Å²) in [5.41, 5.74) is 2.29. The first-order chi connectivity index (χ1) is 20.4. The number of ether oxygens (including phenoxy) is 1. The highest BCUT2D eigenvalue weighted by atomic mass is 35.5. The Morgan fingerprint density at radius 2 is 1.44 bits per heavy atom. The monoisotopic (exact) mass is 641 g/mol. The van der Waals surface area contributed by atoms with Gasteiger partial charge >= 0.3 is 0 Å². The molecule has 0 bridgehead atoms. The van der Waals surface area contributed by atoms with E-state index in [4.69, 9.17) is 16.3 Å². The molecule has 0 spiro atoms. The summed E-state index contributed by atoms with van der Waals surface area (Å²) in [5.74, 6) is 0.156. The lowest BCUT2D eigenvalue weighted by molar-refractivity contribution is 0.0947. The maximum absolute atomic E-state index is 13.7. The first kappa shape index (κ1) is 32.0. The minimum Gasteiger partial charge on any atom is -0.492 e. The molecule has 1 amide bonds.